The summed E-state index contributed by atoms with van der Waals surface area (Å²) in [6.07, 6.45) is 1.50. The van der Waals surface area contributed by atoms with Gasteiger partial charge in [0, 0.05) is 38.1 Å². The van der Waals surface area contributed by atoms with Crippen LogP contribution in [-0.4, -0.2) is 50.6 Å². The Morgan fingerprint density at radius 2 is 1.87 bits per heavy atom. The van der Waals surface area contributed by atoms with Gasteiger partial charge in [-0.25, -0.2) is 9.97 Å². The molecular formula is C20H21N7O2S2. The van der Waals surface area contributed by atoms with Gasteiger partial charge in [0.25, 0.3) is 0 Å². The molecule has 5 heterocycles. The predicted molar refractivity (Wildman–Crippen MR) is 124 cm³/mol. The molecular weight excluding hydrogens is 434 g/mol. The minimum atomic E-state index is -0.416. The lowest BCUT2D eigenvalue weighted by molar-refractivity contribution is -0.388. The van der Waals surface area contributed by atoms with Gasteiger partial charge in [0.2, 0.25) is 12.1 Å². The average Bonchev–Trinajstić information content (AvgIpc) is 3.48. The summed E-state index contributed by atoms with van der Waals surface area (Å²) in [5.74, 6) is 2.17. The van der Waals surface area contributed by atoms with Gasteiger partial charge in [0.15, 0.2) is 5.82 Å². The van der Waals surface area contributed by atoms with E-state index >= 15 is 0 Å². The largest absolute Gasteiger partial charge is 0.406 e. The van der Waals surface area contributed by atoms with Crippen molar-refractivity contribution in [3.8, 4) is 10.7 Å². The monoisotopic (exact) mass is 455 g/mol. The number of anilines is 2. The van der Waals surface area contributed by atoms with Gasteiger partial charge in [-0.05, 0) is 40.8 Å². The number of hydrogen-bond donors (Lipinski definition) is 0. The summed E-state index contributed by atoms with van der Waals surface area (Å²) >= 11 is 3.34. The van der Waals surface area contributed by atoms with Gasteiger partial charge in [0.1, 0.15) is 10.6 Å². The molecule has 11 heteroatoms. The number of aromatic nitrogens is 4. The van der Waals surface area contributed by atoms with E-state index in [2.05, 4.69) is 23.7 Å². The Labute approximate surface area is 186 Å². The van der Waals surface area contributed by atoms with Crippen molar-refractivity contribution in [1.29, 1.82) is 0 Å². The summed E-state index contributed by atoms with van der Waals surface area (Å²) in [4.78, 5) is 32.4. The lowest BCUT2D eigenvalue weighted by Gasteiger charge is -2.36. The van der Waals surface area contributed by atoms with Crippen LogP contribution in [0.2, 0.25) is 0 Å². The first kappa shape index (κ1) is 19.9. The van der Waals surface area contributed by atoms with Crippen LogP contribution in [0.1, 0.15) is 10.4 Å². The molecule has 5 rings (SSSR count). The minimum absolute atomic E-state index is 0.0929. The van der Waals surface area contributed by atoms with Crippen molar-refractivity contribution in [2.24, 2.45) is 7.05 Å². The number of rotatable bonds is 4. The molecule has 1 fully saturated rings. The SMILES string of the molecule is Cc1sc2nc(-c3cccs3)nc(N3CCN(c4c([N+](=O)[O-])ncn4C)CC3)c2c1C. The van der Waals surface area contributed by atoms with Gasteiger partial charge in [0.05, 0.1) is 10.3 Å². The van der Waals surface area contributed by atoms with E-state index < -0.39 is 4.92 Å². The van der Waals surface area contributed by atoms with Crippen LogP contribution in [0.5, 0.6) is 0 Å². The molecule has 1 aliphatic heterocycles. The van der Waals surface area contributed by atoms with Crippen LogP contribution in [0.3, 0.4) is 0 Å². The molecule has 0 N–H and O–H groups in total. The van der Waals surface area contributed by atoms with Gasteiger partial charge >= 0.3 is 5.82 Å². The summed E-state index contributed by atoms with van der Waals surface area (Å²) in [6, 6.07) is 4.06. The third-order valence-corrected chi connectivity index (χ3v) is 7.66. The lowest BCUT2D eigenvalue weighted by atomic mass is 10.2. The third-order valence-electron chi connectivity index (χ3n) is 5.69. The molecule has 0 amide bonds. The van der Waals surface area contributed by atoms with E-state index in [-0.39, 0.29) is 5.82 Å². The fraction of sp³-hybridized carbons (Fsp3) is 0.350. The number of nitrogens with zero attached hydrogens (tertiary/aromatic N) is 7. The van der Waals surface area contributed by atoms with Gasteiger partial charge in [-0.2, -0.15) is 0 Å². The van der Waals surface area contributed by atoms with E-state index in [1.165, 1.54) is 16.8 Å². The maximum Gasteiger partial charge on any atom is 0.406 e. The molecule has 0 bridgehead atoms. The number of imidazole rings is 1. The molecule has 160 valence electrons. The minimum Gasteiger partial charge on any atom is -0.358 e. The van der Waals surface area contributed by atoms with E-state index in [0.29, 0.717) is 32.0 Å². The van der Waals surface area contributed by atoms with Crippen LogP contribution in [0, 0.1) is 24.0 Å². The Kier molecular flexibility index (Phi) is 4.86. The van der Waals surface area contributed by atoms with Crippen molar-refractivity contribution in [1.82, 2.24) is 19.5 Å². The topological polar surface area (TPSA) is 93.2 Å². The zero-order chi connectivity index (χ0) is 21.7. The smallest absolute Gasteiger partial charge is 0.358 e. The summed E-state index contributed by atoms with van der Waals surface area (Å²) < 4.78 is 1.72. The molecule has 0 saturated carbocycles. The second-order valence-corrected chi connectivity index (χ2v) is 9.70. The van der Waals surface area contributed by atoms with Crippen molar-refractivity contribution < 1.29 is 4.92 Å². The lowest BCUT2D eigenvalue weighted by Crippen LogP contribution is -2.47. The fourth-order valence-electron chi connectivity index (χ4n) is 4.01. The van der Waals surface area contributed by atoms with Gasteiger partial charge in [-0.15, -0.1) is 22.7 Å². The van der Waals surface area contributed by atoms with Gasteiger partial charge < -0.3 is 19.9 Å². The normalized spacial score (nSPS) is 14.5. The number of thiophene rings is 2. The molecule has 1 saturated heterocycles. The zero-order valence-corrected chi connectivity index (χ0v) is 19.0. The molecule has 4 aromatic heterocycles. The van der Waals surface area contributed by atoms with E-state index in [9.17, 15) is 10.1 Å². The third kappa shape index (κ3) is 3.33. The van der Waals surface area contributed by atoms with Crippen LogP contribution in [0.4, 0.5) is 17.5 Å². The Morgan fingerprint density at radius 1 is 1.13 bits per heavy atom. The van der Waals surface area contributed by atoms with Crippen molar-refractivity contribution >= 4 is 50.3 Å². The number of fused-ring (bicyclic) bond motifs is 1. The first-order valence-corrected chi connectivity index (χ1v) is 11.6. The van der Waals surface area contributed by atoms with Crippen molar-refractivity contribution in [2.75, 3.05) is 36.0 Å². The van der Waals surface area contributed by atoms with Crippen molar-refractivity contribution in [3.63, 3.8) is 0 Å². The maximum atomic E-state index is 11.4. The number of nitro groups is 1. The van der Waals surface area contributed by atoms with Crippen LogP contribution in [-0.2, 0) is 7.05 Å². The molecule has 4 aromatic rings. The molecule has 0 unspecified atom stereocenters. The highest BCUT2D eigenvalue weighted by Crippen LogP contribution is 2.38. The Hall–Kier alpha value is -3.05. The van der Waals surface area contributed by atoms with E-state index in [4.69, 9.17) is 9.97 Å². The van der Waals surface area contributed by atoms with Crippen molar-refractivity contribution in [3.05, 3.63) is 44.4 Å². The molecule has 1 aliphatic rings. The quantitative estimate of drug-likeness (QED) is 0.339. The molecule has 0 spiro atoms. The predicted octanol–water partition coefficient (Wildman–Crippen LogP) is 4.00. The zero-order valence-electron chi connectivity index (χ0n) is 17.4. The van der Waals surface area contributed by atoms with Crippen LogP contribution in [0.15, 0.2) is 23.8 Å². The fourth-order valence-corrected chi connectivity index (χ4v) is 5.69. The highest BCUT2D eigenvalue weighted by Gasteiger charge is 2.30. The van der Waals surface area contributed by atoms with Gasteiger partial charge in [-0.3, -0.25) is 4.57 Å². The number of hydrogen-bond acceptors (Lipinski definition) is 9. The highest BCUT2D eigenvalue weighted by atomic mass is 32.1. The summed E-state index contributed by atoms with van der Waals surface area (Å²) in [5.41, 5.74) is 1.22. The standard InChI is InChI=1S/C20H21N7O2S2/c1-12-13(2)31-19-15(12)17(22-16(23-19)14-5-4-10-30-14)25-6-8-26(9-7-25)20-18(27(28)29)21-11-24(20)3/h4-5,10-11H,6-9H2,1-3H3. The Morgan fingerprint density at radius 3 is 2.55 bits per heavy atom. The molecule has 0 atom stereocenters. The molecule has 31 heavy (non-hydrogen) atoms. The first-order chi connectivity index (χ1) is 14.9. The second kappa shape index (κ2) is 7.57. The van der Waals surface area contributed by atoms with E-state index in [1.807, 2.05) is 22.4 Å². The van der Waals surface area contributed by atoms with Crippen molar-refractivity contribution in [2.45, 2.75) is 13.8 Å². The number of aryl methyl sites for hydroxylation is 3. The maximum absolute atomic E-state index is 11.4. The molecule has 0 aliphatic carbocycles. The molecule has 0 aromatic carbocycles. The van der Waals surface area contributed by atoms with Crippen LogP contribution < -0.4 is 9.80 Å². The summed E-state index contributed by atoms with van der Waals surface area (Å²) in [5, 5.41) is 14.5. The van der Waals surface area contributed by atoms with Crippen LogP contribution >= 0.6 is 22.7 Å². The average molecular weight is 456 g/mol. The van der Waals surface area contributed by atoms with Gasteiger partial charge in [-0.1, -0.05) is 6.07 Å². The second-order valence-electron chi connectivity index (χ2n) is 7.55. The summed E-state index contributed by atoms with van der Waals surface area (Å²) in [7, 11) is 1.79. The first-order valence-electron chi connectivity index (χ1n) is 9.91. The molecule has 0 radical (unpaired) electrons. The number of piperazine rings is 1. The Balaban J connectivity index is 1.50. The van der Waals surface area contributed by atoms with Crippen LogP contribution in [0.25, 0.3) is 20.9 Å². The van der Waals surface area contributed by atoms with E-state index in [1.54, 1.807) is 34.3 Å². The highest BCUT2D eigenvalue weighted by molar-refractivity contribution is 7.19. The Bertz CT molecular complexity index is 1270. The summed E-state index contributed by atoms with van der Waals surface area (Å²) in [6.45, 7) is 6.99. The van der Waals surface area contributed by atoms with E-state index in [0.717, 1.165) is 26.7 Å². The molecule has 9 nitrogen and oxygen atoms in total.